The molecule has 142 valence electrons. The van der Waals surface area contributed by atoms with Crippen molar-refractivity contribution in [2.24, 2.45) is 0 Å². The van der Waals surface area contributed by atoms with Crippen LogP contribution in [0.25, 0.3) is 0 Å². The lowest BCUT2D eigenvalue weighted by Gasteiger charge is -2.14. The number of rotatable bonds is 5. The third-order valence-corrected chi connectivity index (χ3v) is 4.04. The van der Waals surface area contributed by atoms with Gasteiger partial charge in [-0.25, -0.2) is 0 Å². The van der Waals surface area contributed by atoms with Gasteiger partial charge >= 0.3 is 0 Å². The molecule has 0 aliphatic heterocycles. The molecule has 0 heterocycles. The van der Waals surface area contributed by atoms with Crippen LogP contribution < -0.4 is 20.9 Å². The van der Waals surface area contributed by atoms with E-state index in [0.717, 1.165) is 12.0 Å². The summed E-state index contributed by atoms with van der Waals surface area (Å²) in [6, 6.07) is 13.9. The molecule has 1 atom stereocenters. The molecule has 6 nitrogen and oxygen atoms in total. The van der Waals surface area contributed by atoms with Crippen molar-refractivity contribution in [3.05, 3.63) is 65.2 Å². The zero-order valence-corrected chi connectivity index (χ0v) is 16.4. The van der Waals surface area contributed by atoms with E-state index in [4.69, 9.17) is 17.0 Å². The maximum Gasteiger partial charge on any atom is 0.269 e. The van der Waals surface area contributed by atoms with Crippen molar-refractivity contribution in [3.63, 3.8) is 0 Å². The number of benzene rings is 2. The van der Waals surface area contributed by atoms with Crippen molar-refractivity contribution in [1.29, 1.82) is 0 Å². The van der Waals surface area contributed by atoms with Crippen molar-refractivity contribution in [2.75, 3.05) is 0 Å². The molecular formula is C20H23N3O3S. The minimum atomic E-state index is -0.397. The van der Waals surface area contributed by atoms with E-state index in [0.29, 0.717) is 16.9 Å². The highest BCUT2D eigenvalue weighted by Gasteiger charge is 2.11. The van der Waals surface area contributed by atoms with E-state index in [1.165, 1.54) is 0 Å². The number of hydrogen-bond donors (Lipinski definition) is 3. The van der Waals surface area contributed by atoms with Gasteiger partial charge in [-0.15, -0.1) is 0 Å². The van der Waals surface area contributed by atoms with Gasteiger partial charge in [0.2, 0.25) is 0 Å². The summed E-state index contributed by atoms with van der Waals surface area (Å²) in [7, 11) is 0. The van der Waals surface area contributed by atoms with Gasteiger partial charge in [-0.2, -0.15) is 0 Å². The van der Waals surface area contributed by atoms with Gasteiger partial charge in [0, 0.05) is 11.1 Å². The Morgan fingerprint density at radius 2 is 1.74 bits per heavy atom. The highest BCUT2D eigenvalue weighted by molar-refractivity contribution is 7.80. The minimum Gasteiger partial charge on any atom is -0.491 e. The monoisotopic (exact) mass is 385 g/mol. The summed E-state index contributed by atoms with van der Waals surface area (Å²) < 4.78 is 5.71. The molecule has 0 aliphatic carbocycles. The second kappa shape index (κ2) is 9.68. The maximum absolute atomic E-state index is 12.3. The summed E-state index contributed by atoms with van der Waals surface area (Å²) in [5.41, 5.74) is 6.92. The number of ether oxygens (including phenoxy) is 1. The molecule has 0 bridgehead atoms. The minimum absolute atomic E-state index is 0.00582. The summed E-state index contributed by atoms with van der Waals surface area (Å²) >= 11 is 5.05. The first kappa shape index (κ1) is 20.4. The SMILES string of the molecule is CCC(C)Oc1cccc(C(=O)NC(=S)NNC(=O)c2ccc(C)cc2)c1. The summed E-state index contributed by atoms with van der Waals surface area (Å²) in [5.74, 6) is -0.134. The Morgan fingerprint density at radius 1 is 1.04 bits per heavy atom. The van der Waals surface area contributed by atoms with Crippen LogP contribution in [-0.2, 0) is 0 Å². The number of aryl methyl sites for hydroxylation is 1. The fraction of sp³-hybridized carbons (Fsp3) is 0.250. The largest absolute Gasteiger partial charge is 0.491 e. The van der Waals surface area contributed by atoms with E-state index in [9.17, 15) is 9.59 Å². The van der Waals surface area contributed by atoms with Gasteiger partial charge in [0.05, 0.1) is 6.10 Å². The van der Waals surface area contributed by atoms with Crippen LogP contribution in [0.15, 0.2) is 48.5 Å². The van der Waals surface area contributed by atoms with E-state index >= 15 is 0 Å². The molecule has 2 rings (SSSR count). The van der Waals surface area contributed by atoms with Gasteiger partial charge in [-0.3, -0.25) is 25.8 Å². The number of nitrogens with one attached hydrogen (secondary N) is 3. The van der Waals surface area contributed by atoms with Crippen LogP contribution in [-0.4, -0.2) is 23.0 Å². The van der Waals surface area contributed by atoms with Crippen LogP contribution in [0.3, 0.4) is 0 Å². The zero-order valence-electron chi connectivity index (χ0n) is 15.5. The standard InChI is InChI=1S/C20H23N3O3S/c1-4-14(3)26-17-7-5-6-16(12-17)18(24)21-20(27)23-22-19(25)15-10-8-13(2)9-11-15/h5-12,14H,4H2,1-3H3,(H,22,25)(H2,21,23,24,27). The molecule has 0 aromatic heterocycles. The van der Waals surface area contributed by atoms with Gasteiger partial charge in [-0.05, 0) is 62.8 Å². The van der Waals surface area contributed by atoms with Crippen molar-refractivity contribution < 1.29 is 14.3 Å². The first-order valence-electron chi connectivity index (χ1n) is 8.64. The Morgan fingerprint density at radius 3 is 2.41 bits per heavy atom. The molecule has 0 radical (unpaired) electrons. The Hall–Kier alpha value is -2.93. The molecule has 2 aromatic carbocycles. The van der Waals surface area contributed by atoms with Gasteiger partial charge in [0.15, 0.2) is 5.11 Å². The number of carbonyl (C=O) groups is 2. The molecule has 0 aliphatic rings. The average molecular weight is 385 g/mol. The van der Waals surface area contributed by atoms with Crippen molar-refractivity contribution in [2.45, 2.75) is 33.3 Å². The van der Waals surface area contributed by atoms with E-state index < -0.39 is 5.91 Å². The van der Waals surface area contributed by atoms with E-state index in [2.05, 4.69) is 16.2 Å². The molecule has 0 spiro atoms. The van der Waals surface area contributed by atoms with Crippen LogP contribution >= 0.6 is 12.2 Å². The molecule has 1 unspecified atom stereocenters. The van der Waals surface area contributed by atoms with Crippen LogP contribution in [0, 0.1) is 6.92 Å². The number of carbonyl (C=O) groups excluding carboxylic acids is 2. The lowest BCUT2D eigenvalue weighted by molar-refractivity contribution is 0.0934. The summed E-state index contributed by atoms with van der Waals surface area (Å²) in [6.45, 7) is 5.92. The Labute approximate surface area is 164 Å². The normalized spacial score (nSPS) is 11.2. The Balaban J connectivity index is 1.88. The molecule has 2 amide bonds. The Kier molecular flexibility index (Phi) is 7.31. The second-order valence-corrected chi connectivity index (χ2v) is 6.50. The third kappa shape index (κ3) is 6.38. The van der Waals surface area contributed by atoms with Gasteiger partial charge < -0.3 is 4.74 Å². The van der Waals surface area contributed by atoms with Gasteiger partial charge in [-0.1, -0.05) is 30.7 Å². The van der Waals surface area contributed by atoms with Crippen LogP contribution in [0.5, 0.6) is 5.75 Å². The molecular weight excluding hydrogens is 362 g/mol. The number of hydrogen-bond acceptors (Lipinski definition) is 4. The molecule has 0 saturated heterocycles. The van der Waals surface area contributed by atoms with Crippen LogP contribution in [0.2, 0.25) is 0 Å². The highest BCUT2D eigenvalue weighted by atomic mass is 32.1. The van der Waals surface area contributed by atoms with E-state index in [1.807, 2.05) is 32.9 Å². The predicted octanol–water partition coefficient (Wildman–Crippen LogP) is 3.12. The molecule has 3 N–H and O–H groups in total. The van der Waals surface area contributed by atoms with Crippen molar-refractivity contribution in [3.8, 4) is 5.75 Å². The molecule has 27 heavy (non-hydrogen) atoms. The smallest absolute Gasteiger partial charge is 0.269 e. The zero-order chi connectivity index (χ0) is 19.8. The number of amides is 2. The van der Waals surface area contributed by atoms with E-state index in [-0.39, 0.29) is 17.1 Å². The molecule has 0 fully saturated rings. The lowest BCUT2D eigenvalue weighted by atomic mass is 10.1. The first-order valence-corrected chi connectivity index (χ1v) is 9.05. The van der Waals surface area contributed by atoms with Gasteiger partial charge in [0.25, 0.3) is 11.8 Å². The third-order valence-electron chi connectivity index (χ3n) is 3.84. The first-order chi connectivity index (χ1) is 12.9. The van der Waals surface area contributed by atoms with Crippen LogP contribution in [0.4, 0.5) is 0 Å². The fourth-order valence-electron chi connectivity index (χ4n) is 2.12. The fourth-order valence-corrected chi connectivity index (χ4v) is 2.27. The van der Waals surface area contributed by atoms with Crippen molar-refractivity contribution >= 4 is 29.1 Å². The summed E-state index contributed by atoms with van der Waals surface area (Å²) in [6.07, 6.45) is 0.925. The quantitative estimate of drug-likeness (QED) is 0.544. The average Bonchev–Trinajstić information content (AvgIpc) is 2.66. The number of thiocarbonyl (C=S) groups is 1. The predicted molar refractivity (Wildman–Crippen MR) is 109 cm³/mol. The maximum atomic E-state index is 12.3. The second-order valence-electron chi connectivity index (χ2n) is 6.09. The molecule has 2 aromatic rings. The van der Waals surface area contributed by atoms with Crippen LogP contribution in [0.1, 0.15) is 46.5 Å². The van der Waals surface area contributed by atoms with Gasteiger partial charge in [0.1, 0.15) is 5.75 Å². The molecule has 7 heteroatoms. The molecule has 0 saturated carbocycles. The number of hydrazine groups is 1. The van der Waals surface area contributed by atoms with Crippen molar-refractivity contribution in [1.82, 2.24) is 16.2 Å². The highest BCUT2D eigenvalue weighted by Crippen LogP contribution is 2.15. The summed E-state index contributed by atoms with van der Waals surface area (Å²) in [4.78, 5) is 24.3. The topological polar surface area (TPSA) is 79.5 Å². The van der Waals surface area contributed by atoms with E-state index in [1.54, 1.807) is 36.4 Å². The summed E-state index contributed by atoms with van der Waals surface area (Å²) in [5, 5.41) is 2.51. The Bertz CT molecular complexity index is 821. The lowest BCUT2D eigenvalue weighted by Crippen LogP contribution is -2.48.